The van der Waals surface area contributed by atoms with Crippen molar-refractivity contribution in [2.24, 2.45) is 4.99 Å². The van der Waals surface area contributed by atoms with Crippen LogP contribution in [0.15, 0.2) is 28.6 Å². The second-order valence-electron chi connectivity index (χ2n) is 6.06. The van der Waals surface area contributed by atoms with Gasteiger partial charge in [-0.15, -0.1) is 11.3 Å². The van der Waals surface area contributed by atoms with Crippen molar-refractivity contribution >= 4 is 17.3 Å². The maximum Gasteiger partial charge on any atom is 0.190 e. The smallest absolute Gasteiger partial charge is 0.190 e. The lowest BCUT2D eigenvalue weighted by atomic mass is 10.1. The van der Waals surface area contributed by atoms with E-state index in [1.54, 1.807) is 25.5 Å². The highest BCUT2D eigenvalue weighted by Crippen LogP contribution is 2.28. The van der Waals surface area contributed by atoms with E-state index in [9.17, 15) is 0 Å². The maximum absolute atomic E-state index is 5.64. The lowest BCUT2D eigenvalue weighted by Gasteiger charge is -2.13. The molecule has 7 heteroatoms. The molecule has 6 nitrogen and oxygen atoms in total. The molecule has 0 fully saturated rings. The summed E-state index contributed by atoms with van der Waals surface area (Å²) in [5.74, 6) is 2.41. The van der Waals surface area contributed by atoms with Gasteiger partial charge >= 0.3 is 0 Å². The number of ether oxygens (including phenoxy) is 2. The number of nitrogens with zero attached hydrogens (tertiary/aromatic N) is 2. The molecular formula is C20H30N4O2S. The molecule has 1 heterocycles. The number of methoxy groups -OCH3 is 1. The number of benzene rings is 1. The molecule has 0 aliphatic heterocycles. The van der Waals surface area contributed by atoms with Crippen LogP contribution in [0, 0.1) is 6.92 Å². The number of guanidine groups is 1. The van der Waals surface area contributed by atoms with E-state index in [2.05, 4.69) is 38.1 Å². The number of hydrogen-bond acceptors (Lipinski definition) is 5. The normalized spacial score (nSPS) is 11.3. The highest BCUT2D eigenvalue weighted by molar-refractivity contribution is 7.09. The molecule has 1 aromatic carbocycles. The van der Waals surface area contributed by atoms with Gasteiger partial charge in [0.05, 0.1) is 24.4 Å². The lowest BCUT2D eigenvalue weighted by Crippen LogP contribution is -2.38. The molecule has 27 heavy (non-hydrogen) atoms. The van der Waals surface area contributed by atoms with Gasteiger partial charge < -0.3 is 20.1 Å². The van der Waals surface area contributed by atoms with E-state index >= 15 is 0 Å². The van der Waals surface area contributed by atoms with E-state index in [4.69, 9.17) is 9.47 Å². The monoisotopic (exact) mass is 390 g/mol. The number of thiazole rings is 1. The summed E-state index contributed by atoms with van der Waals surface area (Å²) in [5, 5.41) is 9.91. The summed E-state index contributed by atoms with van der Waals surface area (Å²) >= 11 is 1.69. The Morgan fingerprint density at radius 2 is 2.00 bits per heavy atom. The third kappa shape index (κ3) is 7.09. The molecule has 0 bridgehead atoms. The molecule has 0 aliphatic carbocycles. The van der Waals surface area contributed by atoms with Gasteiger partial charge in [-0.1, -0.05) is 6.07 Å². The van der Waals surface area contributed by atoms with Gasteiger partial charge in [0.25, 0.3) is 0 Å². The molecule has 0 unspecified atom stereocenters. The van der Waals surface area contributed by atoms with Crippen molar-refractivity contribution in [3.05, 3.63) is 39.8 Å². The summed E-state index contributed by atoms with van der Waals surface area (Å²) < 4.78 is 11.0. The van der Waals surface area contributed by atoms with Crippen LogP contribution in [0.1, 0.15) is 29.6 Å². The van der Waals surface area contributed by atoms with Gasteiger partial charge in [0.2, 0.25) is 0 Å². The first-order valence-corrected chi connectivity index (χ1v) is 10.2. The van der Waals surface area contributed by atoms with Gasteiger partial charge in [0.1, 0.15) is 0 Å². The van der Waals surface area contributed by atoms with E-state index in [-0.39, 0.29) is 0 Å². The van der Waals surface area contributed by atoms with Crippen LogP contribution in [0.5, 0.6) is 11.5 Å². The summed E-state index contributed by atoms with van der Waals surface area (Å²) in [6, 6.07) is 6.12. The zero-order valence-corrected chi connectivity index (χ0v) is 17.5. The average molecular weight is 391 g/mol. The second-order valence-corrected chi connectivity index (χ2v) is 7.12. The van der Waals surface area contributed by atoms with Crippen molar-refractivity contribution in [2.45, 2.75) is 33.1 Å². The number of rotatable bonds is 10. The molecule has 0 amide bonds. The Morgan fingerprint density at radius 3 is 2.67 bits per heavy atom. The van der Waals surface area contributed by atoms with Crippen molar-refractivity contribution in [1.82, 2.24) is 15.6 Å². The minimum Gasteiger partial charge on any atom is -0.493 e. The summed E-state index contributed by atoms with van der Waals surface area (Å²) in [6.45, 7) is 6.31. The number of aliphatic imine (C=N–C) groups is 1. The lowest BCUT2D eigenvalue weighted by molar-refractivity contribution is 0.310. The number of hydrogen-bond donors (Lipinski definition) is 2. The fourth-order valence-corrected chi connectivity index (χ4v) is 3.34. The topological polar surface area (TPSA) is 67.8 Å². The number of nitrogens with one attached hydrogen (secondary N) is 2. The molecule has 1 aromatic heterocycles. The first kappa shape index (κ1) is 21.0. The Bertz CT molecular complexity index is 731. The molecule has 0 radical (unpaired) electrons. The third-order valence-corrected chi connectivity index (χ3v) is 4.85. The van der Waals surface area contributed by atoms with E-state index in [0.29, 0.717) is 6.61 Å². The van der Waals surface area contributed by atoms with E-state index in [1.165, 1.54) is 5.56 Å². The van der Waals surface area contributed by atoms with Crippen LogP contribution >= 0.6 is 11.3 Å². The highest BCUT2D eigenvalue weighted by Gasteiger charge is 2.06. The van der Waals surface area contributed by atoms with E-state index < -0.39 is 0 Å². The summed E-state index contributed by atoms with van der Waals surface area (Å²) in [6.07, 6.45) is 2.87. The molecule has 0 aliphatic rings. The SMILES string of the molecule is CCOc1cc(CCCNC(=NC)NCCc2csc(C)n2)ccc1OC. The number of aromatic nitrogens is 1. The average Bonchev–Trinajstić information content (AvgIpc) is 3.09. The summed E-state index contributed by atoms with van der Waals surface area (Å²) in [7, 11) is 3.45. The van der Waals surface area contributed by atoms with Gasteiger partial charge in [-0.2, -0.15) is 0 Å². The van der Waals surface area contributed by atoms with Crippen LogP contribution < -0.4 is 20.1 Å². The van der Waals surface area contributed by atoms with Crippen LogP contribution in [0.3, 0.4) is 0 Å². The van der Waals surface area contributed by atoms with Crippen molar-refractivity contribution < 1.29 is 9.47 Å². The Labute approximate surface area is 166 Å². The van der Waals surface area contributed by atoms with Gasteiger partial charge in [-0.3, -0.25) is 4.99 Å². The standard InChI is InChI=1S/C20H30N4O2S/c1-5-26-19-13-16(8-9-18(19)25-4)7-6-11-22-20(21-3)23-12-10-17-14-27-15(2)24-17/h8-9,13-14H,5-7,10-12H2,1-4H3,(H2,21,22,23). The molecule has 0 saturated carbocycles. The molecule has 0 saturated heterocycles. The van der Waals surface area contributed by atoms with E-state index in [1.807, 2.05) is 19.9 Å². The summed E-state index contributed by atoms with van der Waals surface area (Å²) in [4.78, 5) is 8.74. The van der Waals surface area contributed by atoms with E-state index in [0.717, 1.165) is 60.5 Å². The quantitative estimate of drug-likeness (QED) is 0.370. The number of aryl methyl sites for hydroxylation is 2. The predicted molar refractivity (Wildman–Crippen MR) is 112 cm³/mol. The fourth-order valence-electron chi connectivity index (χ4n) is 2.70. The molecule has 0 atom stereocenters. The molecule has 2 N–H and O–H groups in total. The fraction of sp³-hybridized carbons (Fsp3) is 0.500. The minimum atomic E-state index is 0.629. The van der Waals surface area contributed by atoms with Crippen LogP contribution in [0.25, 0.3) is 0 Å². The van der Waals surface area contributed by atoms with Crippen LogP contribution in [0.4, 0.5) is 0 Å². The minimum absolute atomic E-state index is 0.629. The van der Waals surface area contributed by atoms with Crippen molar-refractivity contribution in [3.8, 4) is 11.5 Å². The zero-order valence-electron chi connectivity index (χ0n) is 16.7. The zero-order chi connectivity index (χ0) is 19.5. The highest BCUT2D eigenvalue weighted by atomic mass is 32.1. The first-order chi connectivity index (χ1) is 13.2. The molecular weight excluding hydrogens is 360 g/mol. The Balaban J connectivity index is 1.70. The predicted octanol–water partition coefficient (Wildman–Crippen LogP) is 3.20. The van der Waals surface area contributed by atoms with Gasteiger partial charge in [-0.05, 0) is 44.4 Å². The van der Waals surface area contributed by atoms with Crippen molar-refractivity contribution in [2.75, 3.05) is 33.9 Å². The van der Waals surface area contributed by atoms with Gasteiger partial charge in [0.15, 0.2) is 17.5 Å². The Morgan fingerprint density at radius 1 is 1.19 bits per heavy atom. The largest absolute Gasteiger partial charge is 0.493 e. The second kappa shape index (κ2) is 11.4. The molecule has 148 valence electrons. The molecule has 0 spiro atoms. The van der Waals surface area contributed by atoms with Gasteiger partial charge in [-0.25, -0.2) is 4.98 Å². The third-order valence-electron chi connectivity index (χ3n) is 4.03. The van der Waals surface area contributed by atoms with Crippen LogP contribution in [-0.2, 0) is 12.8 Å². The first-order valence-electron chi connectivity index (χ1n) is 9.31. The van der Waals surface area contributed by atoms with Crippen LogP contribution in [0.2, 0.25) is 0 Å². The van der Waals surface area contributed by atoms with Crippen molar-refractivity contribution in [3.63, 3.8) is 0 Å². The molecule has 2 rings (SSSR count). The maximum atomic E-state index is 5.64. The van der Waals surface area contributed by atoms with Gasteiger partial charge in [0, 0.05) is 31.9 Å². The van der Waals surface area contributed by atoms with Crippen molar-refractivity contribution in [1.29, 1.82) is 0 Å². The Kier molecular flexibility index (Phi) is 8.91. The Hall–Kier alpha value is -2.28. The molecule has 2 aromatic rings. The van der Waals surface area contributed by atoms with Crippen LogP contribution in [-0.4, -0.2) is 44.8 Å². The summed E-state index contributed by atoms with van der Waals surface area (Å²) in [5.41, 5.74) is 2.37.